The van der Waals surface area contributed by atoms with Crippen molar-refractivity contribution in [2.45, 2.75) is 34.2 Å². The molecule has 0 spiro atoms. The first-order valence-electron chi connectivity index (χ1n) is 7.46. The van der Waals surface area contributed by atoms with Gasteiger partial charge in [-0.1, -0.05) is 32.0 Å². The van der Waals surface area contributed by atoms with E-state index in [1.54, 1.807) is 0 Å². The molecule has 0 bridgehead atoms. The minimum Gasteiger partial charge on any atom is -0.439 e. The molecular formula is C18H24N2O. The predicted molar refractivity (Wildman–Crippen MR) is 86.8 cm³/mol. The molecule has 3 heteroatoms. The van der Waals surface area contributed by atoms with Crippen LogP contribution in [0.5, 0.6) is 11.6 Å². The van der Waals surface area contributed by atoms with Crippen LogP contribution < -0.4 is 10.1 Å². The largest absolute Gasteiger partial charge is 0.439 e. The van der Waals surface area contributed by atoms with Crippen LogP contribution in [-0.2, 0) is 6.54 Å². The van der Waals surface area contributed by atoms with Crippen molar-refractivity contribution in [3.8, 4) is 11.6 Å². The molecule has 0 radical (unpaired) electrons. The van der Waals surface area contributed by atoms with Gasteiger partial charge in [0, 0.05) is 12.6 Å². The summed E-state index contributed by atoms with van der Waals surface area (Å²) in [5.41, 5.74) is 3.30. The van der Waals surface area contributed by atoms with E-state index in [0.29, 0.717) is 11.8 Å². The van der Waals surface area contributed by atoms with Crippen molar-refractivity contribution < 1.29 is 4.74 Å². The van der Waals surface area contributed by atoms with E-state index in [1.807, 2.05) is 31.2 Å². The molecule has 3 nitrogen and oxygen atoms in total. The molecule has 21 heavy (non-hydrogen) atoms. The third kappa shape index (κ3) is 4.87. The predicted octanol–water partition coefficient (Wildman–Crippen LogP) is 4.24. The van der Waals surface area contributed by atoms with Crippen LogP contribution in [0.25, 0.3) is 0 Å². The van der Waals surface area contributed by atoms with E-state index < -0.39 is 0 Å². The Hall–Kier alpha value is -1.87. The van der Waals surface area contributed by atoms with Crippen LogP contribution in [0, 0.1) is 19.8 Å². The quantitative estimate of drug-likeness (QED) is 0.861. The van der Waals surface area contributed by atoms with Gasteiger partial charge < -0.3 is 10.1 Å². The number of pyridine rings is 1. The Morgan fingerprint density at radius 2 is 1.95 bits per heavy atom. The summed E-state index contributed by atoms with van der Waals surface area (Å²) in [6.07, 6.45) is 0. The molecule has 2 aromatic rings. The monoisotopic (exact) mass is 284 g/mol. The summed E-state index contributed by atoms with van der Waals surface area (Å²) in [4.78, 5) is 4.55. The maximum Gasteiger partial charge on any atom is 0.219 e. The first-order chi connectivity index (χ1) is 10.0. The Morgan fingerprint density at radius 1 is 1.14 bits per heavy atom. The average molecular weight is 284 g/mol. The first kappa shape index (κ1) is 15.5. The van der Waals surface area contributed by atoms with Gasteiger partial charge in [-0.05, 0) is 49.6 Å². The normalized spacial score (nSPS) is 10.9. The summed E-state index contributed by atoms with van der Waals surface area (Å²) in [6.45, 7) is 10.3. The van der Waals surface area contributed by atoms with Crippen LogP contribution in [0.2, 0.25) is 0 Å². The van der Waals surface area contributed by atoms with Crippen molar-refractivity contribution in [3.05, 3.63) is 53.2 Å². The smallest absolute Gasteiger partial charge is 0.219 e. The minimum absolute atomic E-state index is 0.638. The van der Waals surface area contributed by atoms with Crippen molar-refractivity contribution >= 4 is 0 Å². The van der Waals surface area contributed by atoms with Crippen molar-refractivity contribution in [2.24, 2.45) is 5.92 Å². The molecule has 112 valence electrons. The minimum atomic E-state index is 0.638. The van der Waals surface area contributed by atoms with Crippen molar-refractivity contribution in [3.63, 3.8) is 0 Å². The molecule has 0 saturated carbocycles. The van der Waals surface area contributed by atoms with Gasteiger partial charge in [0.2, 0.25) is 5.88 Å². The zero-order chi connectivity index (χ0) is 15.2. The standard InChI is InChI=1S/C18H24N2O/c1-13(2)11-19-12-16-6-5-7-18(20-16)21-17-10-14(3)8-9-15(17)4/h5-10,13,19H,11-12H2,1-4H3. The lowest BCUT2D eigenvalue weighted by Crippen LogP contribution is -2.19. The topological polar surface area (TPSA) is 34.1 Å². The fraction of sp³-hybridized carbons (Fsp3) is 0.389. The van der Waals surface area contributed by atoms with Gasteiger partial charge in [-0.3, -0.25) is 0 Å². The van der Waals surface area contributed by atoms with Crippen molar-refractivity contribution in [1.29, 1.82) is 0 Å². The SMILES string of the molecule is Cc1ccc(C)c(Oc2cccc(CNCC(C)C)n2)c1. The lowest BCUT2D eigenvalue weighted by molar-refractivity contribution is 0.455. The second-order valence-corrected chi connectivity index (χ2v) is 5.86. The molecule has 1 aromatic heterocycles. The number of benzene rings is 1. The second-order valence-electron chi connectivity index (χ2n) is 5.86. The van der Waals surface area contributed by atoms with Gasteiger partial charge in [0.25, 0.3) is 0 Å². The maximum absolute atomic E-state index is 5.92. The van der Waals surface area contributed by atoms with Crippen molar-refractivity contribution in [1.82, 2.24) is 10.3 Å². The number of rotatable bonds is 6. The summed E-state index contributed by atoms with van der Waals surface area (Å²) in [6, 6.07) is 12.1. The molecule has 2 rings (SSSR count). The first-order valence-corrected chi connectivity index (χ1v) is 7.46. The van der Waals surface area contributed by atoms with E-state index in [0.717, 1.165) is 30.1 Å². The van der Waals surface area contributed by atoms with E-state index in [9.17, 15) is 0 Å². The van der Waals surface area contributed by atoms with Crippen LogP contribution in [-0.4, -0.2) is 11.5 Å². The van der Waals surface area contributed by atoms with E-state index in [4.69, 9.17) is 4.74 Å². The number of nitrogens with one attached hydrogen (secondary N) is 1. The molecule has 0 aliphatic carbocycles. The number of hydrogen-bond acceptors (Lipinski definition) is 3. The molecule has 0 fully saturated rings. The Labute approximate surface area is 127 Å². The van der Waals surface area contributed by atoms with E-state index >= 15 is 0 Å². The second kappa shape index (κ2) is 7.23. The molecule has 1 N–H and O–H groups in total. The zero-order valence-electron chi connectivity index (χ0n) is 13.3. The van der Waals surface area contributed by atoms with Crippen LogP contribution in [0.1, 0.15) is 30.7 Å². The van der Waals surface area contributed by atoms with Gasteiger partial charge in [0.05, 0.1) is 5.69 Å². The molecule has 1 heterocycles. The molecule has 0 aliphatic rings. The summed E-state index contributed by atoms with van der Waals surface area (Å²) in [7, 11) is 0. The Balaban J connectivity index is 2.05. The van der Waals surface area contributed by atoms with Gasteiger partial charge in [0.1, 0.15) is 5.75 Å². The summed E-state index contributed by atoms with van der Waals surface area (Å²) < 4.78 is 5.92. The third-order valence-corrected chi connectivity index (χ3v) is 3.20. The number of hydrogen-bond donors (Lipinski definition) is 1. The Kier molecular flexibility index (Phi) is 5.34. The third-order valence-electron chi connectivity index (χ3n) is 3.20. The molecular weight excluding hydrogens is 260 g/mol. The highest BCUT2D eigenvalue weighted by atomic mass is 16.5. The van der Waals surface area contributed by atoms with Gasteiger partial charge in [0.15, 0.2) is 0 Å². The number of nitrogens with zero attached hydrogens (tertiary/aromatic N) is 1. The van der Waals surface area contributed by atoms with Gasteiger partial charge in [-0.25, -0.2) is 4.98 Å². The fourth-order valence-corrected chi connectivity index (χ4v) is 2.03. The number of aryl methyl sites for hydroxylation is 2. The molecule has 0 aliphatic heterocycles. The van der Waals surface area contributed by atoms with Gasteiger partial charge in [-0.2, -0.15) is 0 Å². The van der Waals surface area contributed by atoms with Gasteiger partial charge in [-0.15, -0.1) is 0 Å². The lowest BCUT2D eigenvalue weighted by atomic mass is 10.1. The lowest BCUT2D eigenvalue weighted by Gasteiger charge is -2.11. The Morgan fingerprint density at radius 3 is 2.71 bits per heavy atom. The van der Waals surface area contributed by atoms with Crippen LogP contribution >= 0.6 is 0 Å². The molecule has 1 aromatic carbocycles. The van der Waals surface area contributed by atoms with E-state index in [-0.39, 0.29) is 0 Å². The molecule has 0 atom stereocenters. The van der Waals surface area contributed by atoms with Crippen LogP contribution in [0.3, 0.4) is 0 Å². The van der Waals surface area contributed by atoms with Crippen LogP contribution in [0.4, 0.5) is 0 Å². The summed E-state index contributed by atoms with van der Waals surface area (Å²) >= 11 is 0. The summed E-state index contributed by atoms with van der Waals surface area (Å²) in [5.74, 6) is 2.15. The fourth-order valence-electron chi connectivity index (χ4n) is 2.03. The average Bonchev–Trinajstić information content (AvgIpc) is 2.43. The number of aromatic nitrogens is 1. The van der Waals surface area contributed by atoms with Crippen LogP contribution in [0.15, 0.2) is 36.4 Å². The zero-order valence-corrected chi connectivity index (χ0v) is 13.3. The van der Waals surface area contributed by atoms with Gasteiger partial charge >= 0.3 is 0 Å². The summed E-state index contributed by atoms with van der Waals surface area (Å²) in [5, 5.41) is 3.39. The Bertz CT molecular complexity index is 594. The molecule has 0 saturated heterocycles. The highest BCUT2D eigenvalue weighted by molar-refractivity contribution is 5.38. The molecule has 0 unspecified atom stereocenters. The van der Waals surface area contributed by atoms with E-state index in [1.165, 1.54) is 5.56 Å². The maximum atomic E-state index is 5.92. The molecule has 0 amide bonds. The highest BCUT2D eigenvalue weighted by Crippen LogP contribution is 2.24. The van der Waals surface area contributed by atoms with Crippen molar-refractivity contribution in [2.75, 3.05) is 6.54 Å². The highest BCUT2D eigenvalue weighted by Gasteiger charge is 2.04. The number of ether oxygens (including phenoxy) is 1. The van der Waals surface area contributed by atoms with E-state index in [2.05, 4.69) is 43.2 Å².